The van der Waals surface area contributed by atoms with Gasteiger partial charge in [0.2, 0.25) is 0 Å². The third kappa shape index (κ3) is 20.0. The van der Waals surface area contributed by atoms with Gasteiger partial charge in [-0.05, 0) is 193 Å². The van der Waals surface area contributed by atoms with Crippen LogP contribution >= 0.6 is 0 Å². The van der Waals surface area contributed by atoms with Crippen molar-refractivity contribution < 1.29 is 115 Å². The first-order chi connectivity index (χ1) is 52.9. The zero-order valence-electron chi connectivity index (χ0n) is 64.8. The van der Waals surface area contributed by atoms with E-state index < -0.39 is 29.1 Å². The summed E-state index contributed by atoms with van der Waals surface area (Å²) in [5.74, 6) is 4.92. The average molecular weight is 1520 g/mol. The molecule has 0 aliphatic carbocycles. The number of carbonyl (C=O) groups excluding carboxylic acids is 4. The number of hydrogen-bond donors (Lipinski definition) is 4. The molecule has 24 heteroatoms. The Morgan fingerprint density at radius 1 is 0.300 bits per heavy atom. The van der Waals surface area contributed by atoms with Gasteiger partial charge in [-0.1, -0.05) is 60.7 Å². The van der Waals surface area contributed by atoms with Gasteiger partial charge in [0.05, 0.1) is 124 Å². The molecule has 4 fully saturated rings. The number of methoxy groups -OCH3 is 12. The summed E-state index contributed by atoms with van der Waals surface area (Å²) < 4.78 is 84.6. The molecule has 8 atom stereocenters. The summed E-state index contributed by atoms with van der Waals surface area (Å²) in [6.45, 7) is 5.09. The Hall–Kier alpha value is -11.2. The summed E-state index contributed by atoms with van der Waals surface area (Å²) in [4.78, 5) is 49.3. The Kier molecular flexibility index (Phi) is 28.8. The number of hydrogen-bond acceptors (Lipinski definition) is 24. The highest BCUT2D eigenvalue weighted by molar-refractivity contribution is 5.83. The van der Waals surface area contributed by atoms with Crippen molar-refractivity contribution in [3.8, 4) is 80.5 Å². The van der Waals surface area contributed by atoms with Crippen LogP contribution in [-0.4, -0.2) is 167 Å². The van der Waals surface area contributed by atoms with Crippen molar-refractivity contribution in [3.63, 3.8) is 0 Å². The fraction of sp³-hybridized carbons (Fsp3) is 0.395. The summed E-state index contributed by atoms with van der Waals surface area (Å²) in [5.41, 5.74) is 6.28. The second kappa shape index (κ2) is 38.2. The van der Waals surface area contributed by atoms with Crippen LogP contribution in [0, 0.1) is 49.4 Å². The van der Waals surface area contributed by atoms with Crippen LogP contribution in [0.5, 0.6) is 80.5 Å². The number of ether oxygens (including phenoxy) is 16. The quantitative estimate of drug-likeness (QED) is 0.0262. The SMILES string of the molecule is COc1cc(C[C@@]2(O)C(=O)OC[C@@H]2Cc2ccc(OC)c(OC)c2)ccc1C.COc1cc(C[C@@]2(O)C(=O)OC[C@@H]2Cc2ccc(OC)c(OC)c2)ccc1O.COc1cc(C[C@H]2C(=O)OC[C@@H]2Cc2ccc(OC)c(OC)c2)ccc1C.COc1cc(C[C@H]2C(=O)OC[C@@H]2Cc2ccc(OC)c(OC)c2)ccc1O. The molecule has 0 unspecified atom stereocenters. The van der Waals surface area contributed by atoms with E-state index in [2.05, 4.69) is 6.07 Å². The second-order valence-corrected chi connectivity index (χ2v) is 27.4. The molecule has 8 aromatic rings. The number of cyclic esters (lactones) is 4. The van der Waals surface area contributed by atoms with Crippen molar-refractivity contribution in [2.45, 2.75) is 76.4 Å². The molecule has 12 rings (SSSR count). The summed E-state index contributed by atoms with van der Waals surface area (Å²) in [5, 5.41) is 41.9. The number of aliphatic hydroxyl groups is 2. The highest BCUT2D eigenvalue weighted by atomic mass is 16.6. The first-order valence-electron chi connectivity index (χ1n) is 35.9. The van der Waals surface area contributed by atoms with Gasteiger partial charge < -0.3 is 96.2 Å². The third-order valence-corrected chi connectivity index (χ3v) is 20.6. The fourth-order valence-corrected chi connectivity index (χ4v) is 14.2. The van der Waals surface area contributed by atoms with Gasteiger partial charge in [0, 0.05) is 36.5 Å². The Bertz CT molecular complexity index is 4200. The number of aromatic hydroxyl groups is 2. The molecule has 0 amide bonds. The van der Waals surface area contributed by atoms with E-state index in [0.717, 1.165) is 68.0 Å². The Morgan fingerprint density at radius 3 is 0.891 bits per heavy atom. The number of esters is 4. The van der Waals surface area contributed by atoms with Crippen molar-refractivity contribution >= 4 is 23.9 Å². The molecule has 4 aliphatic rings. The maximum atomic E-state index is 12.4. The van der Waals surface area contributed by atoms with Gasteiger partial charge >= 0.3 is 23.9 Å². The molecular weight excluding hydrogens is 1420 g/mol. The lowest BCUT2D eigenvalue weighted by atomic mass is 9.80. The molecule has 588 valence electrons. The highest BCUT2D eigenvalue weighted by Gasteiger charge is 2.52. The van der Waals surface area contributed by atoms with Gasteiger partial charge in [-0.3, -0.25) is 9.59 Å². The first-order valence-corrected chi connectivity index (χ1v) is 35.9. The van der Waals surface area contributed by atoms with Crippen molar-refractivity contribution in [2.75, 3.05) is 112 Å². The smallest absolute Gasteiger partial charge is 0.338 e. The Balaban J connectivity index is 0.000000169. The maximum absolute atomic E-state index is 12.4. The predicted octanol–water partition coefficient (Wildman–Crippen LogP) is 11.4. The summed E-state index contributed by atoms with van der Waals surface area (Å²) in [7, 11) is 18.9. The minimum Gasteiger partial charge on any atom is -0.504 e. The lowest BCUT2D eigenvalue weighted by Crippen LogP contribution is -2.44. The van der Waals surface area contributed by atoms with Crippen molar-refractivity contribution in [2.24, 2.45) is 35.5 Å². The number of phenols is 2. The van der Waals surface area contributed by atoms with Gasteiger partial charge in [-0.15, -0.1) is 0 Å². The van der Waals surface area contributed by atoms with Crippen molar-refractivity contribution in [1.82, 2.24) is 0 Å². The van der Waals surface area contributed by atoms with Crippen molar-refractivity contribution in [3.05, 3.63) is 201 Å². The number of carbonyl (C=O) groups is 4. The van der Waals surface area contributed by atoms with E-state index in [9.17, 15) is 39.6 Å². The fourth-order valence-electron chi connectivity index (χ4n) is 14.2. The number of aryl methyl sites for hydroxylation is 2. The molecular formula is C86H100O24. The largest absolute Gasteiger partial charge is 0.504 e. The summed E-state index contributed by atoms with van der Waals surface area (Å²) >= 11 is 0. The number of benzene rings is 8. The standard InChI is InChI=1S/C22H26O6.C22H26O5.C21H24O7.C21H24O6/c1-14-5-6-16(11-19(14)26-3)12-22(24)17(13-28-21(22)23)9-15-7-8-18(25-2)20(10-15)27-4;1-14-5-6-16(11-20(14)25-3)10-18-17(13-27-22(18)23)9-15-7-8-19(24-2)21(12-15)26-4;1-25-17-7-5-13(9-19(17)27-3)8-15-12-28-20(23)21(15,24)11-14-4-6-16(22)18(10-14)26-2;1-24-18-7-5-13(11-20(18)26-3)8-15-12-27-21(23)16(15)9-14-4-6-17(22)19(10-14)25-2/h5-8,10-11,17,24H,9,12-13H2,1-4H3;5-8,11-12,17-18H,9-10,13H2,1-4H3;4-7,9-10,15,22,24H,8,11-12H2,1-3H3;4-7,10-11,15-16,22H,8-9,12H2,1-3H3/t17-,22-;17-,18+;15-,21-;15-,16+/m0000/s1. The van der Waals surface area contributed by atoms with Crippen LogP contribution in [0.1, 0.15) is 55.6 Å². The minimum atomic E-state index is -1.67. The molecule has 0 bridgehead atoms. The van der Waals surface area contributed by atoms with Gasteiger partial charge in [0.15, 0.2) is 80.2 Å². The van der Waals surface area contributed by atoms with E-state index in [1.165, 1.54) is 20.3 Å². The number of rotatable bonds is 28. The predicted molar refractivity (Wildman–Crippen MR) is 407 cm³/mol. The molecule has 4 N–H and O–H groups in total. The topological polar surface area (TPSA) is 297 Å². The van der Waals surface area contributed by atoms with Crippen LogP contribution in [0.3, 0.4) is 0 Å². The lowest BCUT2D eigenvalue weighted by Gasteiger charge is -2.26. The van der Waals surface area contributed by atoms with Crippen LogP contribution in [0.25, 0.3) is 0 Å². The summed E-state index contributed by atoms with van der Waals surface area (Å²) in [6, 6.07) is 44.3. The maximum Gasteiger partial charge on any atom is 0.338 e. The van der Waals surface area contributed by atoms with Gasteiger partial charge in [-0.25, -0.2) is 9.59 Å². The molecule has 4 heterocycles. The Morgan fingerprint density at radius 2 is 0.555 bits per heavy atom. The van der Waals surface area contributed by atoms with E-state index in [-0.39, 0.29) is 84.8 Å². The third-order valence-electron chi connectivity index (χ3n) is 20.6. The first kappa shape index (κ1) is 82.8. The van der Waals surface area contributed by atoms with Gasteiger partial charge in [0.1, 0.15) is 11.5 Å². The van der Waals surface area contributed by atoms with E-state index >= 15 is 0 Å². The molecule has 0 spiro atoms. The van der Waals surface area contributed by atoms with Crippen LogP contribution < -0.4 is 56.8 Å². The number of phenolic OH excluding ortho intramolecular Hbond substituents is 2. The molecule has 4 aliphatic heterocycles. The van der Waals surface area contributed by atoms with Crippen LogP contribution in [0.2, 0.25) is 0 Å². The van der Waals surface area contributed by atoms with Gasteiger partial charge in [-0.2, -0.15) is 0 Å². The molecule has 0 aromatic heterocycles. The normalized spacial score (nSPS) is 20.1. The van der Waals surface area contributed by atoms with E-state index in [1.54, 1.807) is 107 Å². The average Bonchev–Trinajstić information content (AvgIpc) is 1.63. The van der Waals surface area contributed by atoms with E-state index in [0.29, 0.717) is 103 Å². The van der Waals surface area contributed by atoms with Crippen LogP contribution in [0.4, 0.5) is 0 Å². The molecule has 0 saturated carbocycles. The molecule has 110 heavy (non-hydrogen) atoms. The van der Waals surface area contributed by atoms with Gasteiger partial charge in [0.25, 0.3) is 0 Å². The zero-order valence-corrected chi connectivity index (χ0v) is 64.8. The molecule has 8 aromatic carbocycles. The highest BCUT2D eigenvalue weighted by Crippen LogP contribution is 2.42. The van der Waals surface area contributed by atoms with Crippen LogP contribution in [-0.2, 0) is 89.5 Å². The zero-order chi connectivity index (χ0) is 79.4. The molecule has 4 saturated heterocycles. The lowest BCUT2D eigenvalue weighted by molar-refractivity contribution is -0.154. The monoisotopic (exact) mass is 1520 g/mol. The summed E-state index contributed by atoms with van der Waals surface area (Å²) in [6.07, 6.45) is 3.76. The van der Waals surface area contributed by atoms with E-state index in [1.807, 2.05) is 111 Å². The molecule has 0 radical (unpaired) electrons. The second-order valence-electron chi connectivity index (χ2n) is 27.4. The molecule has 24 nitrogen and oxygen atoms in total. The van der Waals surface area contributed by atoms with E-state index in [4.69, 9.17) is 75.8 Å². The van der Waals surface area contributed by atoms with Crippen molar-refractivity contribution in [1.29, 1.82) is 0 Å². The van der Waals surface area contributed by atoms with Crippen LogP contribution in [0.15, 0.2) is 146 Å². The Labute approximate surface area is 641 Å². The minimum absolute atomic E-state index is 0.00545.